The van der Waals surface area contributed by atoms with Gasteiger partial charge in [-0.25, -0.2) is 4.98 Å². The maximum atomic E-state index is 6.26. The minimum absolute atomic E-state index is 0.227. The maximum Gasteiger partial charge on any atom is 0.209 e. The summed E-state index contributed by atoms with van der Waals surface area (Å²) in [7, 11) is 0. The van der Waals surface area contributed by atoms with Gasteiger partial charge in [-0.05, 0) is 30.3 Å². The van der Waals surface area contributed by atoms with Crippen LogP contribution in [-0.2, 0) is 6.54 Å². The van der Waals surface area contributed by atoms with Crippen LogP contribution in [0.1, 0.15) is 5.89 Å². The molecule has 0 spiro atoms. The van der Waals surface area contributed by atoms with E-state index in [0.717, 1.165) is 11.1 Å². The second-order valence-corrected chi connectivity index (χ2v) is 5.32. The average molecular weight is 319 g/mol. The molecule has 106 valence electrons. The molecule has 0 aliphatic carbocycles. The monoisotopic (exact) mass is 318 g/mol. The summed E-state index contributed by atoms with van der Waals surface area (Å²) in [5, 5.41) is 1.28. The lowest BCUT2D eigenvalue weighted by Crippen LogP contribution is -1.95. The van der Waals surface area contributed by atoms with Crippen molar-refractivity contribution >= 4 is 23.2 Å². The molecule has 0 aliphatic heterocycles. The van der Waals surface area contributed by atoms with Crippen molar-refractivity contribution in [1.29, 1.82) is 0 Å². The topological polar surface area (TPSA) is 52.0 Å². The molecule has 0 amide bonds. The molecular formula is C16H12Cl2N2O. The van der Waals surface area contributed by atoms with Gasteiger partial charge in [-0.1, -0.05) is 41.4 Å². The number of nitrogens with zero attached hydrogens (tertiary/aromatic N) is 1. The summed E-state index contributed by atoms with van der Waals surface area (Å²) in [6, 6.07) is 14.9. The lowest BCUT2D eigenvalue weighted by Gasteiger charge is -2.03. The van der Waals surface area contributed by atoms with Gasteiger partial charge in [0.1, 0.15) is 5.69 Å². The fourth-order valence-electron chi connectivity index (χ4n) is 2.08. The first-order valence-electron chi connectivity index (χ1n) is 6.39. The van der Waals surface area contributed by atoms with E-state index in [-0.39, 0.29) is 6.54 Å². The van der Waals surface area contributed by atoms with Gasteiger partial charge in [0.25, 0.3) is 0 Å². The first kappa shape index (κ1) is 14.1. The average Bonchev–Trinajstić information content (AvgIpc) is 2.92. The Morgan fingerprint density at radius 2 is 1.71 bits per heavy atom. The Kier molecular flexibility index (Phi) is 3.97. The zero-order valence-electron chi connectivity index (χ0n) is 11.0. The highest BCUT2D eigenvalue weighted by atomic mass is 35.5. The second-order valence-electron chi connectivity index (χ2n) is 4.48. The largest absolute Gasteiger partial charge is 0.439 e. The molecule has 0 radical (unpaired) electrons. The minimum Gasteiger partial charge on any atom is -0.439 e. The van der Waals surface area contributed by atoms with Crippen molar-refractivity contribution < 1.29 is 4.42 Å². The molecule has 0 saturated carbocycles. The van der Waals surface area contributed by atoms with Crippen LogP contribution in [-0.4, -0.2) is 4.98 Å². The van der Waals surface area contributed by atoms with E-state index in [0.29, 0.717) is 27.4 Å². The number of hydrogen-bond donors (Lipinski definition) is 1. The van der Waals surface area contributed by atoms with Gasteiger partial charge >= 0.3 is 0 Å². The molecular weight excluding hydrogens is 307 g/mol. The number of oxazole rings is 1. The van der Waals surface area contributed by atoms with Gasteiger partial charge in [-0.2, -0.15) is 0 Å². The van der Waals surface area contributed by atoms with Gasteiger partial charge in [0, 0.05) is 16.1 Å². The third-order valence-corrected chi connectivity index (χ3v) is 3.66. The van der Waals surface area contributed by atoms with Crippen molar-refractivity contribution in [3.63, 3.8) is 0 Å². The maximum absolute atomic E-state index is 6.26. The highest BCUT2D eigenvalue weighted by Gasteiger charge is 2.18. The van der Waals surface area contributed by atoms with Crippen LogP contribution in [0, 0.1) is 0 Å². The van der Waals surface area contributed by atoms with Crippen LogP contribution in [0.2, 0.25) is 10.0 Å². The summed E-state index contributed by atoms with van der Waals surface area (Å²) in [5.74, 6) is 1.11. The standard InChI is InChI=1S/C16H12Cl2N2O/c17-11-7-5-10(6-8-11)16-15(20-14(9-19)21-16)12-3-1-2-4-13(12)18/h1-8H,9,19H2. The van der Waals surface area contributed by atoms with Gasteiger partial charge in [-0.3, -0.25) is 0 Å². The molecule has 2 N–H and O–H groups in total. The molecule has 0 atom stereocenters. The molecule has 1 aromatic heterocycles. The van der Waals surface area contributed by atoms with E-state index in [1.165, 1.54) is 0 Å². The highest BCUT2D eigenvalue weighted by Crippen LogP contribution is 2.36. The lowest BCUT2D eigenvalue weighted by atomic mass is 10.1. The molecule has 0 bridgehead atoms. The summed E-state index contributed by atoms with van der Waals surface area (Å²) in [6.45, 7) is 0.227. The molecule has 0 saturated heterocycles. The zero-order chi connectivity index (χ0) is 14.8. The third kappa shape index (κ3) is 2.81. The van der Waals surface area contributed by atoms with Gasteiger partial charge in [0.15, 0.2) is 5.76 Å². The Morgan fingerprint density at radius 1 is 1.00 bits per heavy atom. The van der Waals surface area contributed by atoms with E-state index in [9.17, 15) is 0 Å². The zero-order valence-corrected chi connectivity index (χ0v) is 12.5. The predicted octanol–water partition coefficient (Wildman–Crippen LogP) is 4.77. The van der Waals surface area contributed by atoms with Crippen molar-refractivity contribution in [3.05, 3.63) is 64.5 Å². The molecule has 21 heavy (non-hydrogen) atoms. The fraction of sp³-hybridized carbons (Fsp3) is 0.0625. The molecule has 3 aromatic rings. The van der Waals surface area contributed by atoms with Gasteiger partial charge in [0.2, 0.25) is 5.89 Å². The quantitative estimate of drug-likeness (QED) is 0.756. The Hall–Kier alpha value is -1.81. The Bertz CT molecular complexity index is 766. The molecule has 3 rings (SSSR count). The number of rotatable bonds is 3. The van der Waals surface area contributed by atoms with E-state index in [4.69, 9.17) is 33.4 Å². The van der Waals surface area contributed by atoms with E-state index < -0.39 is 0 Å². The summed E-state index contributed by atoms with van der Waals surface area (Å²) in [6.07, 6.45) is 0. The van der Waals surface area contributed by atoms with Gasteiger partial charge < -0.3 is 10.2 Å². The van der Waals surface area contributed by atoms with Crippen molar-refractivity contribution in [2.24, 2.45) is 5.73 Å². The molecule has 3 nitrogen and oxygen atoms in total. The molecule has 0 aliphatic rings. The van der Waals surface area contributed by atoms with E-state index in [1.54, 1.807) is 12.1 Å². The molecule has 0 unspecified atom stereocenters. The number of hydrogen-bond acceptors (Lipinski definition) is 3. The fourth-order valence-corrected chi connectivity index (χ4v) is 2.44. The molecule has 0 fully saturated rings. The Labute approximate surface area is 132 Å². The van der Waals surface area contributed by atoms with Crippen molar-refractivity contribution in [1.82, 2.24) is 4.98 Å². The molecule has 5 heteroatoms. The molecule has 1 heterocycles. The van der Waals surface area contributed by atoms with Crippen molar-refractivity contribution in [3.8, 4) is 22.6 Å². The summed E-state index contributed by atoms with van der Waals surface area (Å²) in [4.78, 5) is 4.45. The first-order chi connectivity index (χ1) is 10.2. The third-order valence-electron chi connectivity index (χ3n) is 3.08. The van der Waals surface area contributed by atoms with Crippen LogP contribution in [0.4, 0.5) is 0 Å². The summed E-state index contributed by atoms with van der Waals surface area (Å²) in [5.41, 5.74) is 8.01. The van der Waals surface area contributed by atoms with E-state index in [2.05, 4.69) is 4.98 Å². The van der Waals surface area contributed by atoms with E-state index >= 15 is 0 Å². The predicted molar refractivity (Wildman–Crippen MR) is 85.3 cm³/mol. The van der Waals surface area contributed by atoms with Crippen LogP contribution in [0.3, 0.4) is 0 Å². The van der Waals surface area contributed by atoms with Crippen molar-refractivity contribution in [2.75, 3.05) is 0 Å². The smallest absolute Gasteiger partial charge is 0.209 e. The van der Waals surface area contributed by atoms with Crippen LogP contribution in [0.15, 0.2) is 52.9 Å². The number of benzene rings is 2. The first-order valence-corrected chi connectivity index (χ1v) is 7.15. The number of aromatic nitrogens is 1. The summed E-state index contributed by atoms with van der Waals surface area (Å²) < 4.78 is 5.76. The summed E-state index contributed by atoms with van der Waals surface area (Å²) >= 11 is 12.2. The number of halogens is 2. The van der Waals surface area contributed by atoms with Gasteiger partial charge in [-0.15, -0.1) is 0 Å². The Balaban J connectivity index is 2.19. The van der Waals surface area contributed by atoms with Crippen molar-refractivity contribution in [2.45, 2.75) is 6.54 Å². The van der Waals surface area contributed by atoms with E-state index in [1.807, 2.05) is 36.4 Å². The van der Waals surface area contributed by atoms with Crippen LogP contribution < -0.4 is 5.73 Å². The Morgan fingerprint density at radius 3 is 2.38 bits per heavy atom. The lowest BCUT2D eigenvalue weighted by molar-refractivity contribution is 0.509. The van der Waals surface area contributed by atoms with Gasteiger partial charge in [0.05, 0.1) is 11.6 Å². The van der Waals surface area contributed by atoms with Crippen LogP contribution >= 0.6 is 23.2 Å². The number of nitrogens with two attached hydrogens (primary N) is 1. The van der Waals surface area contributed by atoms with Crippen LogP contribution in [0.25, 0.3) is 22.6 Å². The second kappa shape index (κ2) is 5.90. The highest BCUT2D eigenvalue weighted by molar-refractivity contribution is 6.33. The SMILES string of the molecule is NCc1nc(-c2ccccc2Cl)c(-c2ccc(Cl)cc2)o1. The van der Waals surface area contributed by atoms with Crippen LogP contribution in [0.5, 0.6) is 0 Å². The molecule has 2 aromatic carbocycles. The minimum atomic E-state index is 0.227. The normalized spacial score (nSPS) is 10.8.